The quantitative estimate of drug-likeness (QED) is 0.611. The highest BCUT2D eigenvalue weighted by molar-refractivity contribution is 6.30. The summed E-state index contributed by atoms with van der Waals surface area (Å²) >= 11 is 6.15. The van der Waals surface area contributed by atoms with Crippen LogP contribution in [0.1, 0.15) is 37.1 Å². The molecule has 32 heavy (non-hydrogen) atoms. The Balaban J connectivity index is 1.58. The molecule has 1 atom stereocenters. The normalized spacial score (nSPS) is 16.8. The number of fused-ring (bicyclic) bond motifs is 3. The molecule has 0 spiro atoms. The van der Waals surface area contributed by atoms with Gasteiger partial charge in [-0.05, 0) is 61.7 Å². The Kier molecular flexibility index (Phi) is 5.39. The number of anilines is 1. The number of rotatable bonds is 5. The predicted molar refractivity (Wildman–Crippen MR) is 125 cm³/mol. The molecule has 0 bridgehead atoms. The van der Waals surface area contributed by atoms with Crippen LogP contribution in [-0.2, 0) is 4.79 Å². The first-order valence-electron chi connectivity index (χ1n) is 11.0. The fraction of sp³-hybridized carbons (Fsp3) is 0.280. The summed E-state index contributed by atoms with van der Waals surface area (Å²) in [5.41, 5.74) is 3.73. The first kappa shape index (κ1) is 20.6. The molecule has 1 aliphatic heterocycles. The molecule has 1 aromatic heterocycles. The molecule has 0 saturated heterocycles. The van der Waals surface area contributed by atoms with E-state index in [9.17, 15) is 9.59 Å². The smallest absolute Gasteiger partial charge is 0.318 e. The predicted octanol–water partition coefficient (Wildman–Crippen LogP) is 4.76. The van der Waals surface area contributed by atoms with Crippen LogP contribution >= 0.6 is 11.6 Å². The van der Waals surface area contributed by atoms with Gasteiger partial charge in [0.2, 0.25) is 5.91 Å². The topological polar surface area (TPSA) is 57.6 Å². The molecule has 1 fully saturated rings. The van der Waals surface area contributed by atoms with E-state index in [-0.39, 0.29) is 30.6 Å². The van der Waals surface area contributed by atoms with Crippen molar-refractivity contribution >= 4 is 29.2 Å². The second-order valence-electron chi connectivity index (χ2n) is 8.20. The Morgan fingerprint density at radius 2 is 1.75 bits per heavy atom. The van der Waals surface area contributed by atoms with E-state index in [2.05, 4.69) is 9.88 Å². The summed E-state index contributed by atoms with van der Waals surface area (Å²) in [5.74, 6) is -0.108. The second kappa shape index (κ2) is 8.36. The monoisotopic (exact) mass is 448 g/mol. The van der Waals surface area contributed by atoms with Gasteiger partial charge in [-0.15, -0.1) is 0 Å². The van der Waals surface area contributed by atoms with Crippen LogP contribution in [0.25, 0.3) is 5.69 Å². The highest BCUT2D eigenvalue weighted by atomic mass is 35.5. The van der Waals surface area contributed by atoms with Gasteiger partial charge in [0.05, 0.1) is 17.1 Å². The molecule has 2 heterocycles. The lowest BCUT2D eigenvalue weighted by Gasteiger charge is -2.39. The van der Waals surface area contributed by atoms with Crippen molar-refractivity contribution in [3.05, 3.63) is 83.1 Å². The van der Waals surface area contributed by atoms with Crippen LogP contribution in [-0.4, -0.2) is 40.5 Å². The van der Waals surface area contributed by atoms with Gasteiger partial charge in [0.15, 0.2) is 0 Å². The minimum absolute atomic E-state index is 0.0373. The maximum absolute atomic E-state index is 13.9. The lowest BCUT2D eigenvalue weighted by molar-refractivity contribution is -0.119. The highest BCUT2D eigenvalue weighted by Gasteiger charge is 2.39. The van der Waals surface area contributed by atoms with E-state index in [0.29, 0.717) is 11.6 Å². The van der Waals surface area contributed by atoms with Crippen molar-refractivity contribution in [3.8, 4) is 5.69 Å². The van der Waals surface area contributed by atoms with Crippen molar-refractivity contribution in [2.75, 3.05) is 18.0 Å². The fourth-order valence-electron chi connectivity index (χ4n) is 4.45. The summed E-state index contributed by atoms with van der Waals surface area (Å²) in [6.07, 6.45) is 3.89. The second-order valence-corrected chi connectivity index (χ2v) is 8.64. The van der Waals surface area contributed by atoms with Gasteiger partial charge in [0.1, 0.15) is 12.6 Å². The van der Waals surface area contributed by atoms with Crippen LogP contribution in [0.4, 0.5) is 10.5 Å². The van der Waals surface area contributed by atoms with Crippen molar-refractivity contribution in [1.82, 2.24) is 14.8 Å². The van der Waals surface area contributed by atoms with Crippen molar-refractivity contribution in [1.29, 1.82) is 0 Å². The Bertz CT molecular complexity index is 1150. The van der Waals surface area contributed by atoms with Gasteiger partial charge in [-0.2, -0.15) is 0 Å². The van der Waals surface area contributed by atoms with Crippen LogP contribution < -0.4 is 10.2 Å². The summed E-state index contributed by atoms with van der Waals surface area (Å²) in [6, 6.07) is 19.2. The number of aromatic nitrogens is 1. The van der Waals surface area contributed by atoms with Gasteiger partial charge in [-0.3, -0.25) is 9.69 Å². The van der Waals surface area contributed by atoms with Gasteiger partial charge < -0.3 is 14.8 Å². The van der Waals surface area contributed by atoms with E-state index in [1.54, 1.807) is 4.90 Å². The van der Waals surface area contributed by atoms with E-state index < -0.39 is 0 Å². The average Bonchev–Trinajstić information content (AvgIpc) is 3.52. The Morgan fingerprint density at radius 1 is 1.03 bits per heavy atom. The van der Waals surface area contributed by atoms with E-state index in [1.807, 2.05) is 78.7 Å². The maximum Gasteiger partial charge on any atom is 0.318 e. The van der Waals surface area contributed by atoms with Crippen molar-refractivity contribution in [2.24, 2.45) is 0 Å². The standard InChI is InChI=1S/C25H25ClN4O2/c1-2-27-25(32)29(19-13-14-19)16-23(31)30-21-7-4-3-6-20(21)28-15-5-8-22(28)24(30)17-9-11-18(26)12-10-17/h3-12,15,19,24H,2,13-14,16H2,1H3,(H,27,32). The minimum atomic E-state index is -0.319. The average molecular weight is 449 g/mol. The zero-order valence-corrected chi connectivity index (χ0v) is 18.6. The number of carbonyl (C=O) groups is 2. The molecule has 3 amide bonds. The Hall–Kier alpha value is -3.25. The van der Waals surface area contributed by atoms with Crippen LogP contribution in [0.15, 0.2) is 66.9 Å². The van der Waals surface area contributed by atoms with E-state index in [0.717, 1.165) is 35.5 Å². The zero-order chi connectivity index (χ0) is 22.2. The number of benzene rings is 2. The van der Waals surface area contributed by atoms with E-state index in [1.165, 1.54) is 0 Å². The molecule has 5 rings (SSSR count). The van der Waals surface area contributed by atoms with Gasteiger partial charge in [-0.25, -0.2) is 4.79 Å². The number of carbonyl (C=O) groups excluding carboxylic acids is 2. The number of halogens is 1. The molecule has 0 radical (unpaired) electrons. The molecule has 2 aliphatic rings. The molecule has 7 heteroatoms. The number of para-hydroxylation sites is 2. The molecule has 6 nitrogen and oxygen atoms in total. The molecule has 1 unspecified atom stereocenters. The first-order valence-corrected chi connectivity index (χ1v) is 11.3. The first-order chi connectivity index (χ1) is 15.6. The number of hydrogen-bond donors (Lipinski definition) is 1. The SMILES string of the molecule is CCNC(=O)N(CC(=O)N1c2ccccc2-n2cccc2C1c1ccc(Cl)cc1)C1CC1. The van der Waals surface area contributed by atoms with Crippen LogP contribution in [0.5, 0.6) is 0 Å². The summed E-state index contributed by atoms with van der Waals surface area (Å²) < 4.78 is 2.13. The van der Waals surface area contributed by atoms with Crippen molar-refractivity contribution < 1.29 is 9.59 Å². The maximum atomic E-state index is 13.9. The summed E-state index contributed by atoms with van der Waals surface area (Å²) in [6.45, 7) is 2.45. The van der Waals surface area contributed by atoms with Gasteiger partial charge in [0, 0.05) is 23.8 Å². The molecule has 1 N–H and O–H groups in total. The van der Waals surface area contributed by atoms with Gasteiger partial charge >= 0.3 is 6.03 Å². The number of amides is 3. The Morgan fingerprint density at radius 3 is 2.44 bits per heavy atom. The zero-order valence-electron chi connectivity index (χ0n) is 17.9. The van der Waals surface area contributed by atoms with Crippen molar-refractivity contribution in [3.63, 3.8) is 0 Å². The van der Waals surface area contributed by atoms with Crippen LogP contribution in [0.3, 0.4) is 0 Å². The summed E-state index contributed by atoms with van der Waals surface area (Å²) in [4.78, 5) is 30.0. The van der Waals surface area contributed by atoms with E-state index in [4.69, 9.17) is 11.6 Å². The largest absolute Gasteiger partial charge is 0.338 e. The minimum Gasteiger partial charge on any atom is -0.338 e. The van der Waals surface area contributed by atoms with Crippen molar-refractivity contribution in [2.45, 2.75) is 31.8 Å². The molecular weight excluding hydrogens is 424 g/mol. The lowest BCUT2D eigenvalue weighted by atomic mass is 9.97. The number of nitrogens with zero attached hydrogens (tertiary/aromatic N) is 3. The highest BCUT2D eigenvalue weighted by Crippen LogP contribution is 2.42. The molecule has 1 saturated carbocycles. The third kappa shape index (κ3) is 3.65. The number of hydrogen-bond acceptors (Lipinski definition) is 2. The third-order valence-electron chi connectivity index (χ3n) is 6.06. The summed E-state index contributed by atoms with van der Waals surface area (Å²) in [5, 5.41) is 3.50. The third-order valence-corrected chi connectivity index (χ3v) is 6.31. The van der Waals surface area contributed by atoms with Crippen LogP contribution in [0, 0.1) is 0 Å². The molecule has 3 aromatic rings. The number of nitrogens with one attached hydrogen (secondary N) is 1. The van der Waals surface area contributed by atoms with E-state index >= 15 is 0 Å². The van der Waals surface area contributed by atoms with Gasteiger partial charge in [-0.1, -0.05) is 35.9 Å². The Labute approximate surface area is 192 Å². The molecule has 164 valence electrons. The molecule has 2 aromatic carbocycles. The lowest BCUT2D eigenvalue weighted by Crippen LogP contribution is -2.49. The molecular formula is C25H25ClN4O2. The van der Waals surface area contributed by atoms with Gasteiger partial charge in [0.25, 0.3) is 0 Å². The number of urea groups is 1. The van der Waals surface area contributed by atoms with Crippen LogP contribution in [0.2, 0.25) is 5.02 Å². The summed E-state index contributed by atoms with van der Waals surface area (Å²) in [7, 11) is 0. The molecule has 1 aliphatic carbocycles. The fourth-order valence-corrected chi connectivity index (χ4v) is 4.58.